The van der Waals surface area contributed by atoms with Crippen LogP contribution in [0.2, 0.25) is 0 Å². The summed E-state index contributed by atoms with van der Waals surface area (Å²) < 4.78 is 19.1. The zero-order valence-electron chi connectivity index (χ0n) is 12.4. The molecule has 2 N–H and O–H groups in total. The number of nitrogens with two attached hydrogens (primary N) is 1. The number of guanidine groups is 1. The van der Waals surface area contributed by atoms with Crippen molar-refractivity contribution in [3.63, 3.8) is 0 Å². The van der Waals surface area contributed by atoms with Gasteiger partial charge in [0.25, 0.3) is 0 Å². The average Bonchev–Trinajstić information content (AvgIpc) is 3.03. The van der Waals surface area contributed by atoms with E-state index in [9.17, 15) is 4.39 Å². The van der Waals surface area contributed by atoms with Gasteiger partial charge in [-0.15, -0.1) is 0 Å². The van der Waals surface area contributed by atoms with E-state index in [2.05, 4.69) is 16.8 Å². The number of benzene rings is 1. The first-order valence-electron chi connectivity index (χ1n) is 7.50. The van der Waals surface area contributed by atoms with Crippen molar-refractivity contribution in [1.29, 1.82) is 0 Å². The van der Waals surface area contributed by atoms with Crippen molar-refractivity contribution in [3.05, 3.63) is 35.6 Å². The SMILES string of the molecule is CC1(Cc2cccc(F)c2)CN=C(N)N1CC1CCCO1. The van der Waals surface area contributed by atoms with E-state index >= 15 is 0 Å². The number of hydrogen-bond acceptors (Lipinski definition) is 4. The standard InChI is InChI=1S/C16H22FN3O/c1-16(9-12-4-2-5-13(17)8-12)11-19-15(18)20(16)10-14-6-3-7-21-14/h2,4-5,8,14H,3,6-7,9-11H2,1H3,(H2,18,19). The summed E-state index contributed by atoms with van der Waals surface area (Å²) in [7, 11) is 0. The van der Waals surface area contributed by atoms with Crippen molar-refractivity contribution in [2.75, 3.05) is 19.7 Å². The average molecular weight is 291 g/mol. The summed E-state index contributed by atoms with van der Waals surface area (Å²) in [6, 6.07) is 6.75. The summed E-state index contributed by atoms with van der Waals surface area (Å²) in [6.45, 7) is 4.37. The van der Waals surface area contributed by atoms with Crippen LogP contribution in [0.25, 0.3) is 0 Å². The molecule has 2 heterocycles. The van der Waals surface area contributed by atoms with Crippen LogP contribution in [0, 0.1) is 5.82 Å². The highest BCUT2D eigenvalue weighted by Crippen LogP contribution is 2.28. The summed E-state index contributed by atoms with van der Waals surface area (Å²) >= 11 is 0. The van der Waals surface area contributed by atoms with Gasteiger partial charge in [0.2, 0.25) is 0 Å². The van der Waals surface area contributed by atoms with Gasteiger partial charge in [-0.2, -0.15) is 0 Å². The molecule has 0 radical (unpaired) electrons. The highest BCUT2D eigenvalue weighted by Gasteiger charge is 2.39. The monoisotopic (exact) mass is 291 g/mol. The molecule has 0 amide bonds. The van der Waals surface area contributed by atoms with Gasteiger partial charge in [0.15, 0.2) is 5.96 Å². The van der Waals surface area contributed by atoms with E-state index in [0.29, 0.717) is 12.5 Å². The summed E-state index contributed by atoms with van der Waals surface area (Å²) in [5, 5.41) is 0. The zero-order valence-corrected chi connectivity index (χ0v) is 12.4. The van der Waals surface area contributed by atoms with Crippen molar-refractivity contribution in [2.45, 2.75) is 37.8 Å². The lowest BCUT2D eigenvalue weighted by molar-refractivity contribution is 0.0695. The Hall–Kier alpha value is -1.62. The van der Waals surface area contributed by atoms with E-state index in [1.807, 2.05) is 6.07 Å². The topological polar surface area (TPSA) is 50.8 Å². The smallest absolute Gasteiger partial charge is 0.191 e. The van der Waals surface area contributed by atoms with Crippen LogP contribution < -0.4 is 5.73 Å². The first kappa shape index (κ1) is 14.3. The van der Waals surface area contributed by atoms with Crippen molar-refractivity contribution >= 4 is 5.96 Å². The van der Waals surface area contributed by atoms with Crippen LogP contribution in [0.4, 0.5) is 4.39 Å². The highest BCUT2D eigenvalue weighted by atomic mass is 19.1. The van der Waals surface area contributed by atoms with Gasteiger partial charge in [-0.3, -0.25) is 4.99 Å². The van der Waals surface area contributed by atoms with Crippen LogP contribution in [0.15, 0.2) is 29.3 Å². The third kappa shape index (κ3) is 3.02. The number of aliphatic imine (C=N–C) groups is 1. The quantitative estimate of drug-likeness (QED) is 0.922. The Balaban J connectivity index is 1.74. The maximum Gasteiger partial charge on any atom is 0.191 e. The third-order valence-electron chi connectivity index (χ3n) is 4.39. The second kappa shape index (κ2) is 5.64. The van der Waals surface area contributed by atoms with Gasteiger partial charge in [0.05, 0.1) is 18.2 Å². The number of hydrogen-bond donors (Lipinski definition) is 1. The zero-order chi connectivity index (χ0) is 14.9. The van der Waals surface area contributed by atoms with E-state index in [1.165, 1.54) is 6.07 Å². The maximum atomic E-state index is 13.4. The number of nitrogens with zero attached hydrogens (tertiary/aromatic N) is 2. The molecule has 5 heteroatoms. The molecular weight excluding hydrogens is 269 g/mol. The first-order chi connectivity index (χ1) is 10.1. The third-order valence-corrected chi connectivity index (χ3v) is 4.39. The predicted octanol–water partition coefficient (Wildman–Crippen LogP) is 1.94. The molecule has 1 saturated heterocycles. The van der Waals surface area contributed by atoms with E-state index in [4.69, 9.17) is 10.5 Å². The minimum atomic E-state index is -0.205. The normalized spacial score (nSPS) is 29.0. The molecule has 1 fully saturated rings. The molecule has 1 aromatic carbocycles. The van der Waals surface area contributed by atoms with Gasteiger partial charge in [0.1, 0.15) is 5.82 Å². The van der Waals surface area contributed by atoms with Crippen LogP contribution >= 0.6 is 0 Å². The number of ether oxygens (including phenoxy) is 1. The molecule has 0 saturated carbocycles. The Morgan fingerprint density at radius 1 is 1.52 bits per heavy atom. The fraction of sp³-hybridized carbons (Fsp3) is 0.562. The van der Waals surface area contributed by atoms with Crippen LogP contribution in [-0.2, 0) is 11.2 Å². The van der Waals surface area contributed by atoms with Gasteiger partial charge in [-0.1, -0.05) is 12.1 Å². The van der Waals surface area contributed by atoms with Crippen molar-refractivity contribution < 1.29 is 9.13 Å². The Morgan fingerprint density at radius 3 is 3.10 bits per heavy atom. The molecule has 2 aliphatic heterocycles. The minimum Gasteiger partial charge on any atom is -0.376 e. The molecule has 4 nitrogen and oxygen atoms in total. The first-order valence-corrected chi connectivity index (χ1v) is 7.50. The second-order valence-corrected chi connectivity index (χ2v) is 6.22. The molecule has 0 aliphatic carbocycles. The fourth-order valence-corrected chi connectivity index (χ4v) is 3.24. The summed E-state index contributed by atoms with van der Waals surface area (Å²) in [4.78, 5) is 6.54. The molecule has 0 aromatic heterocycles. The molecule has 2 atom stereocenters. The van der Waals surface area contributed by atoms with Crippen LogP contribution in [0.3, 0.4) is 0 Å². The van der Waals surface area contributed by atoms with E-state index in [-0.39, 0.29) is 17.5 Å². The van der Waals surface area contributed by atoms with Crippen molar-refractivity contribution in [3.8, 4) is 0 Å². The Bertz CT molecular complexity index is 542. The maximum absolute atomic E-state index is 13.4. The Labute approximate surface area is 124 Å². The molecule has 1 aromatic rings. The van der Waals surface area contributed by atoms with Crippen molar-refractivity contribution in [1.82, 2.24) is 4.90 Å². The molecule has 0 spiro atoms. The molecule has 114 valence electrons. The van der Waals surface area contributed by atoms with E-state index < -0.39 is 0 Å². The number of halogens is 1. The Morgan fingerprint density at radius 2 is 2.38 bits per heavy atom. The highest BCUT2D eigenvalue weighted by molar-refractivity contribution is 5.81. The molecule has 21 heavy (non-hydrogen) atoms. The minimum absolute atomic E-state index is 0.200. The van der Waals surface area contributed by atoms with Gasteiger partial charge in [-0.25, -0.2) is 4.39 Å². The van der Waals surface area contributed by atoms with Crippen LogP contribution in [0.1, 0.15) is 25.3 Å². The lowest BCUT2D eigenvalue weighted by Gasteiger charge is -2.37. The van der Waals surface area contributed by atoms with Gasteiger partial charge < -0.3 is 15.4 Å². The van der Waals surface area contributed by atoms with Gasteiger partial charge >= 0.3 is 0 Å². The lowest BCUT2D eigenvalue weighted by Crippen LogP contribution is -2.53. The van der Waals surface area contributed by atoms with Crippen LogP contribution in [0.5, 0.6) is 0 Å². The van der Waals surface area contributed by atoms with Gasteiger partial charge in [-0.05, 0) is 43.9 Å². The Kier molecular flexibility index (Phi) is 3.85. The molecule has 3 rings (SSSR count). The van der Waals surface area contributed by atoms with E-state index in [1.54, 1.807) is 12.1 Å². The molecule has 0 bridgehead atoms. The lowest BCUT2D eigenvalue weighted by atomic mass is 9.91. The molecule has 2 aliphatic rings. The van der Waals surface area contributed by atoms with Crippen molar-refractivity contribution in [2.24, 2.45) is 10.7 Å². The summed E-state index contributed by atoms with van der Waals surface area (Å²) in [5.41, 5.74) is 6.83. The summed E-state index contributed by atoms with van der Waals surface area (Å²) in [6.07, 6.45) is 3.13. The van der Waals surface area contributed by atoms with Gasteiger partial charge in [0, 0.05) is 13.2 Å². The fourth-order valence-electron chi connectivity index (χ4n) is 3.24. The van der Waals surface area contributed by atoms with E-state index in [0.717, 1.165) is 38.0 Å². The van der Waals surface area contributed by atoms with Crippen LogP contribution in [-0.4, -0.2) is 42.2 Å². The summed E-state index contributed by atoms with van der Waals surface area (Å²) in [5.74, 6) is 0.373. The largest absolute Gasteiger partial charge is 0.376 e. The second-order valence-electron chi connectivity index (χ2n) is 6.22. The predicted molar refractivity (Wildman–Crippen MR) is 80.7 cm³/mol. The molecular formula is C16H22FN3O. The molecule has 2 unspecified atom stereocenters. The number of rotatable bonds is 4.